The summed E-state index contributed by atoms with van der Waals surface area (Å²) in [5.74, 6) is -0.408. The molecule has 3 nitrogen and oxygen atoms in total. The van der Waals surface area contributed by atoms with Crippen LogP contribution in [0.25, 0.3) is 0 Å². The fourth-order valence-corrected chi connectivity index (χ4v) is 2.99. The van der Waals surface area contributed by atoms with Crippen LogP contribution in [0.4, 0.5) is 0 Å². The molecule has 1 aliphatic carbocycles. The molecular formula is C17H22O3. The van der Waals surface area contributed by atoms with E-state index in [0.29, 0.717) is 25.0 Å². The molecule has 0 spiro atoms. The van der Waals surface area contributed by atoms with Crippen molar-refractivity contribution in [1.29, 1.82) is 0 Å². The maximum absolute atomic E-state index is 12.9. The van der Waals surface area contributed by atoms with Crippen LogP contribution in [0.5, 0.6) is 0 Å². The van der Waals surface area contributed by atoms with Gasteiger partial charge in [-0.25, -0.2) is 0 Å². The Hall–Kier alpha value is -1.64. The summed E-state index contributed by atoms with van der Waals surface area (Å²) in [6.07, 6.45) is 5.22. The van der Waals surface area contributed by atoms with Gasteiger partial charge in [-0.15, -0.1) is 0 Å². The van der Waals surface area contributed by atoms with Crippen LogP contribution in [0.3, 0.4) is 0 Å². The number of benzene rings is 1. The van der Waals surface area contributed by atoms with Crippen molar-refractivity contribution < 1.29 is 14.3 Å². The van der Waals surface area contributed by atoms with Crippen molar-refractivity contribution in [2.75, 3.05) is 6.61 Å². The molecule has 20 heavy (non-hydrogen) atoms. The largest absolute Gasteiger partial charge is 0.465 e. The van der Waals surface area contributed by atoms with Gasteiger partial charge in [0, 0.05) is 5.56 Å². The summed E-state index contributed by atoms with van der Waals surface area (Å²) in [7, 11) is 0. The number of hydrogen-bond acceptors (Lipinski definition) is 3. The molecule has 0 saturated heterocycles. The molecule has 0 amide bonds. The molecule has 0 atom stereocenters. The van der Waals surface area contributed by atoms with E-state index < -0.39 is 5.41 Å². The van der Waals surface area contributed by atoms with Crippen LogP contribution in [0, 0.1) is 5.41 Å². The highest BCUT2D eigenvalue weighted by Gasteiger charge is 2.46. The zero-order valence-electron chi connectivity index (χ0n) is 12.1. The van der Waals surface area contributed by atoms with Gasteiger partial charge in [0.15, 0.2) is 5.78 Å². The van der Waals surface area contributed by atoms with E-state index in [2.05, 4.69) is 0 Å². The van der Waals surface area contributed by atoms with Crippen LogP contribution in [-0.4, -0.2) is 18.4 Å². The van der Waals surface area contributed by atoms with E-state index in [1.54, 1.807) is 19.1 Å². The van der Waals surface area contributed by atoms with Gasteiger partial charge in [-0.2, -0.15) is 0 Å². The fourth-order valence-electron chi connectivity index (χ4n) is 2.99. The minimum atomic E-state index is -0.964. The smallest absolute Gasteiger partial charge is 0.320 e. The lowest BCUT2D eigenvalue weighted by Crippen LogP contribution is -2.40. The summed E-state index contributed by atoms with van der Waals surface area (Å²) in [5.41, 5.74) is -0.351. The highest BCUT2D eigenvalue weighted by molar-refractivity contribution is 6.12. The van der Waals surface area contributed by atoms with Gasteiger partial charge in [0.1, 0.15) is 5.41 Å². The van der Waals surface area contributed by atoms with Crippen LogP contribution in [0.15, 0.2) is 30.3 Å². The standard InChI is InChI=1S/C17H22O3/c1-2-20-16(19)17(12-8-3-4-9-13-17)15(18)14-10-6-5-7-11-14/h5-7,10-11H,2-4,8-9,12-13H2,1H3. The lowest BCUT2D eigenvalue weighted by molar-refractivity contribution is -0.153. The first-order chi connectivity index (χ1) is 9.70. The average Bonchev–Trinajstić information content (AvgIpc) is 2.74. The third kappa shape index (κ3) is 2.92. The third-order valence-electron chi connectivity index (χ3n) is 4.09. The first-order valence-corrected chi connectivity index (χ1v) is 7.48. The molecule has 2 rings (SSSR count). The molecule has 0 bridgehead atoms. The average molecular weight is 274 g/mol. The number of rotatable bonds is 4. The molecule has 1 aliphatic rings. The number of Topliss-reactive ketones (excluding diaryl/α,β-unsaturated/α-hetero) is 1. The molecule has 1 fully saturated rings. The Morgan fingerprint density at radius 3 is 2.20 bits per heavy atom. The number of ether oxygens (including phenoxy) is 1. The number of carbonyl (C=O) groups excluding carboxylic acids is 2. The van der Waals surface area contributed by atoms with Crippen molar-refractivity contribution >= 4 is 11.8 Å². The van der Waals surface area contributed by atoms with Gasteiger partial charge in [-0.05, 0) is 19.8 Å². The molecule has 0 aromatic heterocycles. The van der Waals surface area contributed by atoms with Crippen LogP contribution < -0.4 is 0 Å². The fraction of sp³-hybridized carbons (Fsp3) is 0.529. The van der Waals surface area contributed by atoms with Crippen molar-refractivity contribution in [2.45, 2.75) is 45.4 Å². The van der Waals surface area contributed by atoms with Gasteiger partial charge in [0.25, 0.3) is 0 Å². The summed E-state index contributed by atoms with van der Waals surface area (Å²) in [6, 6.07) is 9.12. The molecule has 0 unspecified atom stereocenters. The second-order valence-corrected chi connectivity index (χ2v) is 5.41. The number of esters is 1. The van der Waals surface area contributed by atoms with Crippen molar-refractivity contribution in [3.8, 4) is 0 Å². The van der Waals surface area contributed by atoms with E-state index in [-0.39, 0.29) is 11.8 Å². The Morgan fingerprint density at radius 1 is 1.05 bits per heavy atom. The molecule has 0 heterocycles. The predicted molar refractivity (Wildman–Crippen MR) is 77.5 cm³/mol. The highest BCUT2D eigenvalue weighted by Crippen LogP contribution is 2.39. The summed E-state index contributed by atoms with van der Waals surface area (Å²) in [6.45, 7) is 2.11. The monoisotopic (exact) mass is 274 g/mol. The van der Waals surface area contributed by atoms with Gasteiger partial charge in [-0.3, -0.25) is 9.59 Å². The van der Waals surface area contributed by atoms with E-state index >= 15 is 0 Å². The maximum Gasteiger partial charge on any atom is 0.320 e. The van der Waals surface area contributed by atoms with Crippen LogP contribution >= 0.6 is 0 Å². The summed E-state index contributed by atoms with van der Waals surface area (Å²) in [5, 5.41) is 0. The quantitative estimate of drug-likeness (QED) is 0.363. The topological polar surface area (TPSA) is 43.4 Å². The second-order valence-electron chi connectivity index (χ2n) is 5.41. The van der Waals surface area contributed by atoms with E-state index in [0.717, 1.165) is 25.7 Å². The van der Waals surface area contributed by atoms with Gasteiger partial charge in [-0.1, -0.05) is 56.0 Å². The minimum absolute atomic E-state index is 0.0709. The van der Waals surface area contributed by atoms with Crippen molar-refractivity contribution in [3.63, 3.8) is 0 Å². The minimum Gasteiger partial charge on any atom is -0.465 e. The predicted octanol–water partition coefficient (Wildman–Crippen LogP) is 3.77. The maximum atomic E-state index is 12.9. The number of ketones is 1. The highest BCUT2D eigenvalue weighted by atomic mass is 16.5. The molecule has 0 aliphatic heterocycles. The van der Waals surface area contributed by atoms with Crippen molar-refractivity contribution in [3.05, 3.63) is 35.9 Å². The van der Waals surface area contributed by atoms with Crippen molar-refractivity contribution in [2.24, 2.45) is 5.41 Å². The molecule has 1 aromatic carbocycles. The zero-order valence-corrected chi connectivity index (χ0v) is 12.1. The summed E-state index contributed by atoms with van der Waals surface area (Å²) >= 11 is 0. The van der Waals surface area contributed by atoms with Gasteiger partial charge >= 0.3 is 5.97 Å². The first kappa shape index (κ1) is 14.8. The Kier molecular flexibility index (Phi) is 4.94. The van der Waals surface area contributed by atoms with E-state index in [9.17, 15) is 9.59 Å². The third-order valence-corrected chi connectivity index (χ3v) is 4.09. The summed E-state index contributed by atoms with van der Waals surface area (Å²) in [4.78, 5) is 25.3. The van der Waals surface area contributed by atoms with Crippen LogP contribution in [0.1, 0.15) is 55.8 Å². The van der Waals surface area contributed by atoms with Gasteiger partial charge in [0.05, 0.1) is 6.61 Å². The van der Waals surface area contributed by atoms with E-state index in [1.165, 1.54) is 0 Å². The SMILES string of the molecule is CCOC(=O)C1(C(=O)c2ccccc2)CCCCCC1. The Morgan fingerprint density at radius 2 is 1.65 bits per heavy atom. The zero-order chi connectivity index (χ0) is 14.4. The van der Waals surface area contributed by atoms with Crippen LogP contribution in [0.2, 0.25) is 0 Å². The first-order valence-electron chi connectivity index (χ1n) is 7.48. The number of carbonyl (C=O) groups is 2. The summed E-state index contributed by atoms with van der Waals surface area (Å²) < 4.78 is 5.22. The van der Waals surface area contributed by atoms with Gasteiger partial charge < -0.3 is 4.74 Å². The lowest BCUT2D eigenvalue weighted by Gasteiger charge is -2.28. The molecule has 108 valence electrons. The Labute approximate surface area is 120 Å². The Bertz CT molecular complexity index is 456. The molecule has 0 radical (unpaired) electrons. The van der Waals surface area contributed by atoms with Crippen LogP contribution in [-0.2, 0) is 9.53 Å². The van der Waals surface area contributed by atoms with Gasteiger partial charge in [0.2, 0.25) is 0 Å². The van der Waals surface area contributed by atoms with E-state index in [4.69, 9.17) is 4.74 Å². The lowest BCUT2D eigenvalue weighted by atomic mass is 9.74. The van der Waals surface area contributed by atoms with Crippen molar-refractivity contribution in [1.82, 2.24) is 0 Å². The van der Waals surface area contributed by atoms with E-state index in [1.807, 2.05) is 18.2 Å². The number of hydrogen-bond donors (Lipinski definition) is 0. The molecule has 3 heteroatoms. The Balaban J connectivity index is 2.35. The normalized spacial score (nSPS) is 18.1. The molecular weight excluding hydrogens is 252 g/mol. The molecule has 1 saturated carbocycles. The molecule has 0 N–H and O–H groups in total. The second kappa shape index (κ2) is 6.69. The molecule has 1 aromatic rings.